The predicted octanol–water partition coefficient (Wildman–Crippen LogP) is 9.42. The van der Waals surface area contributed by atoms with Gasteiger partial charge in [-0.25, -0.2) is 29.5 Å². The number of amides is 4. The fourth-order valence-electron chi connectivity index (χ4n) is 7.90. The summed E-state index contributed by atoms with van der Waals surface area (Å²) in [6.07, 6.45) is -7.88. The molecule has 4 amide bonds. The van der Waals surface area contributed by atoms with Crippen LogP contribution in [0.25, 0.3) is 5.57 Å². The highest BCUT2D eigenvalue weighted by atomic mass is 19.4. The van der Waals surface area contributed by atoms with Crippen molar-refractivity contribution < 1.29 is 45.5 Å². The number of allylic oxidation sites excluding steroid dienone is 1. The Morgan fingerprint density at radius 3 is 1.52 bits per heavy atom. The number of halogens is 6. The van der Waals surface area contributed by atoms with E-state index in [0.29, 0.717) is 48.4 Å². The number of pyridine rings is 4. The maximum atomic E-state index is 13.2. The van der Waals surface area contributed by atoms with E-state index in [-0.39, 0.29) is 35.1 Å². The first-order chi connectivity index (χ1) is 30.2. The standard InChI is InChI=1S/C22H24F3N5O2.C22H22F3N5O2/c2*1-13(2)14-3-6-19(26-11-14)28-21(32)30-15-8-10-29(12-15)17-5-4-16(27-20(17)30)18(31)7-9-22(23,24)25/h3-6,11,13,15H,7-10,12H2,1-2H3,(H,26,28,32);3-6,11,15H,1,7-10,12H2,2H3,(H,26,28,32)/t2*15-/m00/s1. The number of alkyl halides is 6. The zero-order chi connectivity index (χ0) is 46.1. The number of aromatic nitrogens is 4. The van der Waals surface area contributed by atoms with Gasteiger partial charge in [-0.1, -0.05) is 26.5 Å². The van der Waals surface area contributed by atoms with Gasteiger partial charge in [-0.05, 0) is 84.8 Å². The van der Waals surface area contributed by atoms with Crippen molar-refractivity contribution in [3.8, 4) is 0 Å². The SMILES string of the molecule is C=C(C)c1ccc(NC(=O)N2c3nc(C(=O)CCC(F)(F)F)ccc3N3CC[C@H]2C3)nc1.CC(C)c1ccc(NC(=O)N2c3nc(C(=O)CCC(F)(F)F)ccc3N3CC[C@H]2C3)nc1. The molecule has 0 spiro atoms. The zero-order valence-electron chi connectivity index (χ0n) is 35.3. The topological polar surface area (TPSA) is 157 Å². The molecule has 8 heterocycles. The molecule has 0 unspecified atom stereocenters. The third-order valence-corrected chi connectivity index (χ3v) is 11.4. The van der Waals surface area contributed by atoms with E-state index in [9.17, 15) is 45.5 Å². The number of ketones is 2. The summed E-state index contributed by atoms with van der Waals surface area (Å²) in [6, 6.07) is 12.0. The number of fused-ring (bicyclic) bond motifs is 8. The van der Waals surface area contributed by atoms with Crippen LogP contribution in [-0.4, -0.2) is 94.2 Å². The third kappa shape index (κ3) is 10.4. The highest BCUT2D eigenvalue weighted by Crippen LogP contribution is 2.41. The lowest BCUT2D eigenvalue weighted by Crippen LogP contribution is -2.48. The molecule has 2 atom stereocenters. The zero-order valence-corrected chi connectivity index (χ0v) is 35.3. The fraction of sp³-hybridized carbons (Fsp3) is 0.409. The molecule has 4 aliphatic rings. The van der Waals surface area contributed by atoms with E-state index in [1.807, 2.05) is 26.8 Å². The summed E-state index contributed by atoms with van der Waals surface area (Å²) in [7, 11) is 0. The van der Waals surface area contributed by atoms with Gasteiger partial charge in [-0.15, -0.1) is 0 Å². The molecular formula is C44H46F6N10O4. The summed E-state index contributed by atoms with van der Waals surface area (Å²) in [5.74, 6) is 0.182. The van der Waals surface area contributed by atoms with Crippen molar-refractivity contribution in [1.82, 2.24) is 19.9 Å². The van der Waals surface area contributed by atoms with E-state index < -0.39 is 61.7 Å². The first-order valence-electron chi connectivity index (χ1n) is 20.7. The molecule has 8 rings (SSSR count). The van der Waals surface area contributed by atoms with E-state index in [0.717, 1.165) is 36.2 Å². The number of anilines is 6. The van der Waals surface area contributed by atoms with Crippen LogP contribution >= 0.6 is 0 Å². The molecule has 2 N–H and O–H groups in total. The minimum atomic E-state index is -4.42. The third-order valence-electron chi connectivity index (χ3n) is 11.4. The van der Waals surface area contributed by atoms with Crippen LogP contribution in [0, 0.1) is 0 Å². The Balaban J connectivity index is 0.000000191. The average molecular weight is 893 g/mol. The number of carbonyl (C=O) groups is 4. The van der Waals surface area contributed by atoms with Gasteiger partial charge in [0.15, 0.2) is 23.2 Å². The molecule has 4 bridgehead atoms. The van der Waals surface area contributed by atoms with Crippen molar-refractivity contribution in [2.45, 2.75) is 89.7 Å². The van der Waals surface area contributed by atoms with Gasteiger partial charge < -0.3 is 9.80 Å². The molecule has 4 aromatic heterocycles. The van der Waals surface area contributed by atoms with Crippen LogP contribution in [0.1, 0.15) is 97.3 Å². The normalized spacial score (nSPS) is 17.3. The molecule has 64 heavy (non-hydrogen) atoms. The van der Waals surface area contributed by atoms with Gasteiger partial charge >= 0.3 is 24.4 Å². The largest absolute Gasteiger partial charge is 0.389 e. The smallest absolute Gasteiger partial charge is 0.366 e. The van der Waals surface area contributed by atoms with Crippen LogP contribution < -0.4 is 30.2 Å². The molecule has 0 aromatic carbocycles. The molecule has 4 aromatic rings. The second kappa shape index (κ2) is 18.2. The number of nitrogens with zero attached hydrogens (tertiary/aromatic N) is 8. The molecule has 2 saturated heterocycles. The Morgan fingerprint density at radius 1 is 0.688 bits per heavy atom. The van der Waals surface area contributed by atoms with E-state index >= 15 is 0 Å². The fourth-order valence-corrected chi connectivity index (χ4v) is 7.90. The monoisotopic (exact) mass is 892 g/mol. The average Bonchev–Trinajstić information content (AvgIpc) is 3.87. The lowest BCUT2D eigenvalue weighted by atomic mass is 10.1. The molecule has 14 nitrogen and oxygen atoms in total. The number of hydrogen-bond acceptors (Lipinski definition) is 10. The van der Waals surface area contributed by atoms with Crippen molar-refractivity contribution in [3.05, 3.63) is 90.0 Å². The summed E-state index contributed by atoms with van der Waals surface area (Å²) in [6.45, 7) is 12.5. The summed E-state index contributed by atoms with van der Waals surface area (Å²) in [4.78, 5) is 75.2. The highest BCUT2D eigenvalue weighted by molar-refractivity contribution is 6.06. The van der Waals surface area contributed by atoms with E-state index in [2.05, 4.69) is 46.9 Å². The lowest BCUT2D eigenvalue weighted by molar-refractivity contribution is -0.134. The van der Waals surface area contributed by atoms with Gasteiger partial charge in [-0.3, -0.25) is 30.0 Å². The Hall–Kier alpha value is -6.60. The van der Waals surface area contributed by atoms with Crippen LogP contribution in [0.2, 0.25) is 0 Å². The molecule has 0 saturated carbocycles. The van der Waals surface area contributed by atoms with E-state index in [4.69, 9.17) is 0 Å². The first kappa shape index (κ1) is 45.4. The van der Waals surface area contributed by atoms with Crippen LogP contribution in [0.15, 0.2) is 67.5 Å². The molecule has 0 aliphatic carbocycles. The summed E-state index contributed by atoms with van der Waals surface area (Å²) in [5.41, 5.74) is 3.93. The minimum absolute atomic E-state index is 0.0762. The van der Waals surface area contributed by atoms with Crippen molar-refractivity contribution in [2.24, 2.45) is 0 Å². The number of Topliss-reactive ketones (excluding diaryl/α,β-unsaturated/α-hetero) is 2. The van der Waals surface area contributed by atoms with Gasteiger partial charge in [0.2, 0.25) is 0 Å². The maximum Gasteiger partial charge on any atom is 0.389 e. The van der Waals surface area contributed by atoms with Crippen molar-refractivity contribution in [1.29, 1.82) is 0 Å². The number of rotatable bonds is 10. The summed E-state index contributed by atoms with van der Waals surface area (Å²) in [5, 5.41) is 5.53. The highest BCUT2D eigenvalue weighted by Gasteiger charge is 2.42. The van der Waals surface area contributed by atoms with Crippen LogP contribution in [0.5, 0.6) is 0 Å². The first-order valence-corrected chi connectivity index (χ1v) is 20.7. The Morgan fingerprint density at radius 2 is 1.14 bits per heavy atom. The predicted molar refractivity (Wildman–Crippen MR) is 229 cm³/mol. The van der Waals surface area contributed by atoms with Crippen LogP contribution in [-0.2, 0) is 0 Å². The number of nitrogens with one attached hydrogen (secondary N) is 2. The summed E-state index contributed by atoms with van der Waals surface area (Å²) < 4.78 is 75.1. The Bertz CT molecular complexity index is 2430. The summed E-state index contributed by atoms with van der Waals surface area (Å²) >= 11 is 0. The number of urea groups is 2. The number of hydrogen-bond donors (Lipinski definition) is 2. The lowest BCUT2D eigenvalue weighted by Gasteiger charge is -2.35. The molecule has 338 valence electrons. The second-order valence-electron chi connectivity index (χ2n) is 16.4. The molecule has 2 fully saturated rings. The molecule has 20 heteroatoms. The number of carbonyl (C=O) groups excluding carboxylic acids is 4. The van der Waals surface area contributed by atoms with E-state index in [1.54, 1.807) is 42.7 Å². The van der Waals surface area contributed by atoms with Crippen molar-refractivity contribution in [3.63, 3.8) is 0 Å². The van der Waals surface area contributed by atoms with Gasteiger partial charge in [0.1, 0.15) is 23.0 Å². The molecule has 0 radical (unpaired) electrons. The van der Waals surface area contributed by atoms with Gasteiger partial charge in [-0.2, -0.15) is 26.3 Å². The minimum Gasteiger partial charge on any atom is -0.366 e. The van der Waals surface area contributed by atoms with Gasteiger partial charge in [0.05, 0.1) is 36.3 Å². The van der Waals surface area contributed by atoms with Crippen LogP contribution in [0.3, 0.4) is 0 Å². The molecular weight excluding hydrogens is 847 g/mol. The quantitative estimate of drug-likeness (QED) is 0.116. The van der Waals surface area contributed by atoms with Gasteiger partial charge in [0.25, 0.3) is 0 Å². The Labute approximate surface area is 364 Å². The van der Waals surface area contributed by atoms with Crippen molar-refractivity contribution >= 4 is 63.8 Å². The van der Waals surface area contributed by atoms with Crippen LogP contribution in [0.4, 0.5) is 70.6 Å². The molecule has 4 aliphatic heterocycles. The van der Waals surface area contributed by atoms with Gasteiger partial charge in [0, 0.05) is 51.4 Å². The second-order valence-corrected chi connectivity index (χ2v) is 16.4. The maximum absolute atomic E-state index is 13.2. The van der Waals surface area contributed by atoms with E-state index in [1.165, 1.54) is 21.9 Å². The Kier molecular flexibility index (Phi) is 13.0. The van der Waals surface area contributed by atoms with Crippen molar-refractivity contribution in [2.75, 3.05) is 56.4 Å².